The predicted octanol–water partition coefficient (Wildman–Crippen LogP) is 5.14. The Morgan fingerprint density at radius 2 is 1.68 bits per heavy atom. The average molecular weight is 453 g/mol. The van der Waals surface area contributed by atoms with E-state index in [-0.39, 0.29) is 17.5 Å². The Kier molecular flexibility index (Phi) is 6.64. The molecule has 4 rings (SSSR count). The van der Waals surface area contributed by atoms with Gasteiger partial charge in [0.25, 0.3) is 0 Å². The lowest BCUT2D eigenvalue weighted by molar-refractivity contribution is -0.118. The van der Waals surface area contributed by atoms with Gasteiger partial charge in [-0.05, 0) is 42.0 Å². The van der Waals surface area contributed by atoms with Crippen LogP contribution in [-0.4, -0.2) is 26.4 Å². The Balaban J connectivity index is 1.51. The maximum atomic E-state index is 13.4. The van der Waals surface area contributed by atoms with Crippen LogP contribution in [0.4, 0.5) is 4.39 Å². The second kappa shape index (κ2) is 9.76. The van der Waals surface area contributed by atoms with Crippen molar-refractivity contribution in [3.63, 3.8) is 0 Å². The van der Waals surface area contributed by atoms with Crippen LogP contribution in [-0.2, 0) is 11.3 Å². The fourth-order valence-electron chi connectivity index (χ4n) is 2.94. The number of carbonyl (C=O) groups excluding carboxylic acids is 1. The van der Waals surface area contributed by atoms with E-state index in [2.05, 4.69) is 15.5 Å². The molecule has 1 heterocycles. The number of hydrogen-bond donors (Lipinski definition) is 1. The van der Waals surface area contributed by atoms with Crippen LogP contribution >= 0.6 is 23.4 Å². The van der Waals surface area contributed by atoms with Crippen molar-refractivity contribution in [2.75, 3.05) is 5.75 Å². The van der Waals surface area contributed by atoms with Gasteiger partial charge in [0.15, 0.2) is 11.0 Å². The molecule has 1 amide bonds. The summed E-state index contributed by atoms with van der Waals surface area (Å²) in [6, 6.07) is 23.0. The van der Waals surface area contributed by atoms with Crippen molar-refractivity contribution >= 4 is 29.3 Å². The standard InChI is InChI=1S/C23H18ClFN4OS/c24-18-8-6-16(7-9-18)14-26-21(30)15-31-23-28-27-22(17-4-2-1-3-5-17)29(23)20-12-10-19(25)11-13-20/h1-13H,14-15H2,(H,26,30). The van der Waals surface area contributed by atoms with E-state index in [1.165, 1.54) is 23.9 Å². The maximum absolute atomic E-state index is 13.4. The zero-order valence-electron chi connectivity index (χ0n) is 16.3. The number of rotatable bonds is 7. The lowest BCUT2D eigenvalue weighted by Crippen LogP contribution is -2.24. The molecular formula is C23H18ClFN4OS. The second-order valence-corrected chi connectivity index (χ2v) is 8.05. The quantitative estimate of drug-likeness (QED) is 0.395. The van der Waals surface area contributed by atoms with Gasteiger partial charge in [0.1, 0.15) is 5.82 Å². The molecule has 31 heavy (non-hydrogen) atoms. The number of benzene rings is 3. The lowest BCUT2D eigenvalue weighted by atomic mass is 10.2. The SMILES string of the molecule is O=C(CSc1nnc(-c2ccccc2)n1-c1ccc(F)cc1)NCc1ccc(Cl)cc1. The van der Waals surface area contributed by atoms with Crippen LogP contribution in [0.3, 0.4) is 0 Å². The molecule has 1 aromatic heterocycles. The van der Waals surface area contributed by atoms with Crippen LogP contribution in [0, 0.1) is 5.82 Å². The van der Waals surface area contributed by atoms with Crippen LogP contribution in [0.1, 0.15) is 5.56 Å². The van der Waals surface area contributed by atoms with Gasteiger partial charge in [0.05, 0.1) is 5.75 Å². The third-order valence-corrected chi connectivity index (χ3v) is 5.67. The highest BCUT2D eigenvalue weighted by Crippen LogP contribution is 2.28. The maximum Gasteiger partial charge on any atom is 0.230 e. The smallest absolute Gasteiger partial charge is 0.230 e. The molecule has 3 aromatic carbocycles. The number of halogens is 2. The first-order valence-corrected chi connectivity index (χ1v) is 10.9. The Bertz CT molecular complexity index is 1160. The lowest BCUT2D eigenvalue weighted by Gasteiger charge is -2.10. The van der Waals surface area contributed by atoms with Gasteiger partial charge < -0.3 is 5.32 Å². The van der Waals surface area contributed by atoms with Crippen molar-refractivity contribution < 1.29 is 9.18 Å². The van der Waals surface area contributed by atoms with Crippen LogP contribution in [0.25, 0.3) is 17.1 Å². The molecule has 0 aliphatic rings. The van der Waals surface area contributed by atoms with E-state index in [0.717, 1.165) is 11.1 Å². The van der Waals surface area contributed by atoms with Gasteiger partial charge in [-0.3, -0.25) is 9.36 Å². The van der Waals surface area contributed by atoms with Crippen LogP contribution in [0.5, 0.6) is 0 Å². The van der Waals surface area contributed by atoms with Crippen molar-refractivity contribution in [1.29, 1.82) is 0 Å². The van der Waals surface area contributed by atoms with E-state index in [0.29, 0.717) is 28.2 Å². The number of hydrogen-bond acceptors (Lipinski definition) is 4. The van der Waals surface area contributed by atoms with Gasteiger partial charge in [-0.2, -0.15) is 0 Å². The minimum Gasteiger partial charge on any atom is -0.351 e. The Morgan fingerprint density at radius 1 is 0.968 bits per heavy atom. The van der Waals surface area contributed by atoms with Gasteiger partial charge >= 0.3 is 0 Å². The Morgan fingerprint density at radius 3 is 2.39 bits per heavy atom. The monoisotopic (exact) mass is 452 g/mol. The molecule has 1 N–H and O–H groups in total. The predicted molar refractivity (Wildman–Crippen MR) is 121 cm³/mol. The Hall–Kier alpha value is -3.16. The topological polar surface area (TPSA) is 59.8 Å². The largest absolute Gasteiger partial charge is 0.351 e. The molecule has 0 bridgehead atoms. The van der Waals surface area contributed by atoms with Crippen molar-refractivity contribution in [1.82, 2.24) is 20.1 Å². The molecule has 0 saturated heterocycles. The summed E-state index contributed by atoms with van der Waals surface area (Å²) in [6.07, 6.45) is 0. The van der Waals surface area contributed by atoms with Crippen molar-refractivity contribution in [2.24, 2.45) is 0 Å². The van der Waals surface area contributed by atoms with E-state index in [9.17, 15) is 9.18 Å². The summed E-state index contributed by atoms with van der Waals surface area (Å²) in [5.74, 6) is 0.335. The van der Waals surface area contributed by atoms with Gasteiger partial charge in [0.2, 0.25) is 5.91 Å². The summed E-state index contributed by atoms with van der Waals surface area (Å²) < 4.78 is 15.3. The Labute approximate surface area is 188 Å². The molecule has 0 aliphatic carbocycles. The van der Waals surface area contributed by atoms with Crippen LogP contribution < -0.4 is 5.32 Å². The molecule has 0 fully saturated rings. The van der Waals surface area contributed by atoms with E-state index in [1.807, 2.05) is 47.0 Å². The summed E-state index contributed by atoms with van der Waals surface area (Å²) in [6.45, 7) is 0.413. The zero-order chi connectivity index (χ0) is 21.6. The number of amides is 1. The highest BCUT2D eigenvalue weighted by Gasteiger charge is 2.17. The molecule has 5 nitrogen and oxygen atoms in total. The molecule has 4 aromatic rings. The third-order valence-electron chi connectivity index (χ3n) is 4.49. The number of aromatic nitrogens is 3. The fraction of sp³-hybridized carbons (Fsp3) is 0.0870. The zero-order valence-corrected chi connectivity index (χ0v) is 17.9. The molecule has 156 valence electrons. The minimum absolute atomic E-state index is 0.130. The van der Waals surface area contributed by atoms with Crippen molar-refractivity contribution in [3.8, 4) is 17.1 Å². The molecule has 0 aliphatic heterocycles. The first kappa shape index (κ1) is 21.1. The number of nitrogens with one attached hydrogen (secondary N) is 1. The first-order chi connectivity index (χ1) is 15.1. The van der Waals surface area contributed by atoms with Crippen LogP contribution in [0.15, 0.2) is 84.0 Å². The number of nitrogens with zero attached hydrogens (tertiary/aromatic N) is 3. The highest BCUT2D eigenvalue weighted by molar-refractivity contribution is 7.99. The van der Waals surface area contributed by atoms with Gasteiger partial charge in [-0.15, -0.1) is 10.2 Å². The number of carbonyl (C=O) groups is 1. The summed E-state index contributed by atoms with van der Waals surface area (Å²) in [7, 11) is 0. The average Bonchev–Trinajstić information content (AvgIpc) is 3.22. The van der Waals surface area contributed by atoms with Crippen LogP contribution in [0.2, 0.25) is 5.02 Å². The van der Waals surface area contributed by atoms with E-state index in [1.54, 1.807) is 24.3 Å². The minimum atomic E-state index is -0.325. The molecule has 8 heteroatoms. The van der Waals surface area contributed by atoms with Crippen molar-refractivity contribution in [2.45, 2.75) is 11.7 Å². The summed E-state index contributed by atoms with van der Waals surface area (Å²) in [5.41, 5.74) is 2.55. The van der Waals surface area contributed by atoms with Gasteiger partial charge in [-0.25, -0.2) is 4.39 Å². The first-order valence-electron chi connectivity index (χ1n) is 9.51. The number of thioether (sulfide) groups is 1. The molecule has 0 unspecified atom stereocenters. The molecule has 0 spiro atoms. The van der Waals surface area contributed by atoms with E-state index >= 15 is 0 Å². The fourth-order valence-corrected chi connectivity index (χ4v) is 3.85. The molecule has 0 radical (unpaired) electrons. The molecule has 0 saturated carbocycles. The molecular weight excluding hydrogens is 435 g/mol. The second-order valence-electron chi connectivity index (χ2n) is 6.68. The summed E-state index contributed by atoms with van der Waals surface area (Å²) in [5, 5.41) is 12.7. The summed E-state index contributed by atoms with van der Waals surface area (Å²) >= 11 is 7.16. The third kappa shape index (κ3) is 5.31. The van der Waals surface area contributed by atoms with E-state index < -0.39 is 0 Å². The van der Waals surface area contributed by atoms with E-state index in [4.69, 9.17) is 11.6 Å². The highest BCUT2D eigenvalue weighted by atomic mass is 35.5. The summed E-state index contributed by atoms with van der Waals surface area (Å²) in [4.78, 5) is 12.4. The van der Waals surface area contributed by atoms with Gasteiger partial charge in [0, 0.05) is 22.8 Å². The van der Waals surface area contributed by atoms with Gasteiger partial charge in [-0.1, -0.05) is 65.8 Å². The van der Waals surface area contributed by atoms with Crippen molar-refractivity contribution in [3.05, 3.63) is 95.3 Å². The normalized spacial score (nSPS) is 10.8. The molecule has 0 atom stereocenters.